The van der Waals surface area contributed by atoms with Crippen molar-refractivity contribution in [3.8, 4) is 0 Å². The summed E-state index contributed by atoms with van der Waals surface area (Å²) < 4.78 is 3.11. The summed E-state index contributed by atoms with van der Waals surface area (Å²) in [5.74, 6) is 1.38. The van der Waals surface area contributed by atoms with E-state index >= 15 is 0 Å². The number of likely N-dealkylation sites (tertiary alicyclic amines) is 1. The van der Waals surface area contributed by atoms with Crippen molar-refractivity contribution in [3.63, 3.8) is 0 Å². The third-order valence-electron chi connectivity index (χ3n) is 5.15. The molecule has 3 rings (SSSR count). The van der Waals surface area contributed by atoms with Gasteiger partial charge in [0.05, 0.1) is 0 Å². The number of aromatic nitrogens is 2. The maximum absolute atomic E-state index is 4.40. The third-order valence-corrected chi connectivity index (χ3v) is 5.68. The lowest BCUT2D eigenvalue weighted by Gasteiger charge is -2.33. The van der Waals surface area contributed by atoms with Crippen LogP contribution in [-0.2, 0) is 13.1 Å². The van der Waals surface area contributed by atoms with E-state index in [9.17, 15) is 0 Å². The van der Waals surface area contributed by atoms with Gasteiger partial charge in [-0.2, -0.15) is 5.10 Å². The van der Waals surface area contributed by atoms with Crippen LogP contribution in [-0.4, -0.2) is 53.4 Å². The Kier molecular flexibility index (Phi) is 10.4. The Morgan fingerprint density at radius 3 is 2.62 bits per heavy atom. The highest BCUT2D eigenvalue weighted by molar-refractivity contribution is 14.0. The first-order chi connectivity index (χ1) is 13.6. The molecule has 0 radical (unpaired) electrons. The van der Waals surface area contributed by atoms with Gasteiger partial charge in [-0.3, -0.25) is 14.6 Å². The van der Waals surface area contributed by atoms with Crippen LogP contribution in [0.5, 0.6) is 0 Å². The summed E-state index contributed by atoms with van der Waals surface area (Å²) in [5.41, 5.74) is 1.37. The van der Waals surface area contributed by atoms with Crippen molar-refractivity contribution in [1.29, 1.82) is 0 Å². The van der Waals surface area contributed by atoms with Crippen LogP contribution in [0.4, 0.5) is 0 Å². The maximum Gasteiger partial charge on any atom is 0.191 e. The predicted octanol–water partition coefficient (Wildman–Crippen LogP) is 3.73. The number of nitrogens with one attached hydrogen (secondary N) is 2. The monoisotopic (exact) mass is 574 g/mol. The normalized spacial score (nSPS) is 16.9. The first-order valence-electron chi connectivity index (χ1n) is 10.0. The molecule has 0 bridgehead atoms. The molecule has 1 saturated heterocycles. The van der Waals surface area contributed by atoms with Gasteiger partial charge in [0.25, 0.3) is 0 Å². The Hall–Kier alpha value is -1.13. The quantitative estimate of drug-likeness (QED) is 0.301. The lowest BCUT2D eigenvalue weighted by Crippen LogP contribution is -2.49. The molecule has 0 spiro atoms. The molecular weight excluding hydrogens is 543 g/mol. The fourth-order valence-electron chi connectivity index (χ4n) is 3.53. The number of nitrogens with zero attached hydrogens (tertiary/aromatic N) is 4. The fraction of sp³-hybridized carbons (Fsp3) is 0.524. The van der Waals surface area contributed by atoms with Gasteiger partial charge in [-0.25, -0.2) is 0 Å². The number of rotatable bonds is 7. The van der Waals surface area contributed by atoms with Crippen LogP contribution in [0.15, 0.2) is 52.2 Å². The minimum absolute atomic E-state index is 0. The summed E-state index contributed by atoms with van der Waals surface area (Å²) in [6.45, 7) is 7.26. The van der Waals surface area contributed by atoms with Crippen LogP contribution in [0.1, 0.15) is 25.3 Å². The highest BCUT2D eigenvalue weighted by Gasteiger charge is 2.20. The standard InChI is InChI=1S/C21H31BrN6.HI/c1-17(15-28-11-3-10-25-28)14-24-21(23-2)26-20-8-12-27(13-9-20)16-18-4-6-19(22)7-5-18;/h3-7,10-11,17,20H,8-9,12-16H2,1-2H3,(H2,23,24,26);1H. The van der Waals surface area contributed by atoms with E-state index in [4.69, 9.17) is 0 Å². The Bertz CT molecular complexity index is 726. The molecule has 1 aromatic heterocycles. The molecule has 6 nitrogen and oxygen atoms in total. The highest BCUT2D eigenvalue weighted by Crippen LogP contribution is 2.16. The van der Waals surface area contributed by atoms with Crippen molar-refractivity contribution in [2.45, 2.75) is 38.9 Å². The largest absolute Gasteiger partial charge is 0.356 e. The van der Waals surface area contributed by atoms with Crippen LogP contribution in [0.2, 0.25) is 0 Å². The zero-order valence-electron chi connectivity index (χ0n) is 17.2. The lowest BCUT2D eigenvalue weighted by atomic mass is 10.0. The Labute approximate surface area is 199 Å². The van der Waals surface area contributed by atoms with E-state index in [1.54, 1.807) is 0 Å². The van der Waals surface area contributed by atoms with E-state index in [0.717, 1.165) is 56.0 Å². The molecule has 2 N–H and O–H groups in total. The van der Waals surface area contributed by atoms with Crippen LogP contribution >= 0.6 is 39.9 Å². The second-order valence-corrected chi connectivity index (χ2v) is 8.52. The van der Waals surface area contributed by atoms with Gasteiger partial charge >= 0.3 is 0 Å². The molecule has 1 atom stereocenters. The van der Waals surface area contributed by atoms with E-state index in [1.165, 1.54) is 5.56 Å². The summed E-state index contributed by atoms with van der Waals surface area (Å²) in [6.07, 6.45) is 6.11. The zero-order chi connectivity index (χ0) is 19.8. The molecule has 1 aromatic carbocycles. The van der Waals surface area contributed by atoms with Crippen molar-refractivity contribution in [2.24, 2.45) is 10.9 Å². The van der Waals surface area contributed by atoms with Gasteiger partial charge in [0.1, 0.15) is 0 Å². The topological polar surface area (TPSA) is 57.5 Å². The Balaban J connectivity index is 0.00000300. The Morgan fingerprint density at radius 1 is 1.28 bits per heavy atom. The van der Waals surface area contributed by atoms with Gasteiger partial charge in [0, 0.05) is 62.7 Å². The van der Waals surface area contributed by atoms with Crippen molar-refractivity contribution >= 4 is 45.9 Å². The molecule has 1 fully saturated rings. The van der Waals surface area contributed by atoms with Crippen LogP contribution in [0, 0.1) is 5.92 Å². The van der Waals surface area contributed by atoms with Crippen molar-refractivity contribution < 1.29 is 0 Å². The minimum atomic E-state index is 0. The van der Waals surface area contributed by atoms with Gasteiger partial charge in [0.15, 0.2) is 5.96 Å². The molecule has 0 amide bonds. The maximum atomic E-state index is 4.40. The number of aliphatic imine (C=N–C) groups is 1. The number of hydrogen-bond acceptors (Lipinski definition) is 3. The van der Waals surface area contributed by atoms with E-state index in [2.05, 4.69) is 72.7 Å². The van der Waals surface area contributed by atoms with E-state index < -0.39 is 0 Å². The smallest absolute Gasteiger partial charge is 0.191 e. The molecule has 29 heavy (non-hydrogen) atoms. The molecular formula is C21H32BrIN6. The number of piperidine rings is 1. The van der Waals surface area contributed by atoms with Crippen molar-refractivity contribution in [2.75, 3.05) is 26.7 Å². The second-order valence-electron chi connectivity index (χ2n) is 7.61. The summed E-state index contributed by atoms with van der Waals surface area (Å²) >= 11 is 3.50. The molecule has 1 unspecified atom stereocenters. The summed E-state index contributed by atoms with van der Waals surface area (Å²) in [4.78, 5) is 6.93. The number of guanidine groups is 1. The molecule has 2 aromatic rings. The fourth-order valence-corrected chi connectivity index (χ4v) is 3.80. The molecule has 1 aliphatic heterocycles. The SMILES string of the molecule is CN=C(NCC(C)Cn1cccn1)NC1CCN(Cc2ccc(Br)cc2)CC1.I. The predicted molar refractivity (Wildman–Crippen MR) is 134 cm³/mol. The van der Waals surface area contributed by atoms with Crippen LogP contribution < -0.4 is 10.6 Å². The minimum Gasteiger partial charge on any atom is -0.356 e. The molecule has 0 saturated carbocycles. The Morgan fingerprint density at radius 2 is 2.00 bits per heavy atom. The summed E-state index contributed by atoms with van der Waals surface area (Å²) in [5, 5.41) is 11.3. The van der Waals surface area contributed by atoms with Crippen LogP contribution in [0.3, 0.4) is 0 Å². The van der Waals surface area contributed by atoms with Gasteiger partial charge in [-0.1, -0.05) is 35.0 Å². The van der Waals surface area contributed by atoms with Crippen molar-refractivity contribution in [3.05, 3.63) is 52.8 Å². The van der Waals surface area contributed by atoms with Crippen molar-refractivity contribution in [1.82, 2.24) is 25.3 Å². The third kappa shape index (κ3) is 8.25. The highest BCUT2D eigenvalue weighted by atomic mass is 127. The lowest BCUT2D eigenvalue weighted by molar-refractivity contribution is 0.198. The molecule has 8 heteroatoms. The number of halogens is 2. The molecule has 2 heterocycles. The summed E-state index contributed by atoms with van der Waals surface area (Å²) in [7, 11) is 1.84. The van der Waals surface area contributed by atoms with E-state index in [0.29, 0.717) is 12.0 Å². The molecule has 160 valence electrons. The first kappa shape index (κ1) is 24.1. The van der Waals surface area contributed by atoms with Gasteiger partial charge in [-0.05, 0) is 42.5 Å². The molecule has 0 aliphatic carbocycles. The van der Waals surface area contributed by atoms with Gasteiger partial charge < -0.3 is 10.6 Å². The average Bonchev–Trinajstić information content (AvgIpc) is 3.21. The van der Waals surface area contributed by atoms with Crippen LogP contribution in [0.25, 0.3) is 0 Å². The average molecular weight is 575 g/mol. The summed E-state index contributed by atoms with van der Waals surface area (Å²) in [6, 6.07) is 11.1. The number of hydrogen-bond donors (Lipinski definition) is 2. The molecule has 1 aliphatic rings. The number of benzene rings is 1. The zero-order valence-corrected chi connectivity index (χ0v) is 21.1. The first-order valence-corrected chi connectivity index (χ1v) is 10.8. The van der Waals surface area contributed by atoms with Gasteiger partial charge in [-0.15, -0.1) is 24.0 Å². The van der Waals surface area contributed by atoms with Gasteiger partial charge in [0.2, 0.25) is 0 Å². The second kappa shape index (κ2) is 12.5. The van der Waals surface area contributed by atoms with E-state index in [1.807, 2.05) is 30.2 Å². The van der Waals surface area contributed by atoms with E-state index in [-0.39, 0.29) is 24.0 Å².